The fraction of sp³-hybridized carbons (Fsp3) is 0.500. The van der Waals surface area contributed by atoms with Gasteiger partial charge in [-0.05, 0) is 31.9 Å². The molecule has 0 heterocycles. The number of rotatable bonds is 6. The van der Waals surface area contributed by atoms with Crippen molar-refractivity contribution in [2.45, 2.75) is 27.3 Å². The minimum atomic E-state index is 0.0533. The van der Waals surface area contributed by atoms with E-state index < -0.39 is 0 Å². The monoisotopic (exact) mass is 235 g/mol. The summed E-state index contributed by atoms with van der Waals surface area (Å²) in [5.74, 6) is 0.0533. The SMILES string of the molecule is CCOCC(=O)N(CC)Cc1ccccc1C. The highest BCUT2D eigenvalue weighted by molar-refractivity contribution is 5.77. The van der Waals surface area contributed by atoms with Gasteiger partial charge in [0.05, 0.1) is 0 Å². The molecule has 1 aromatic carbocycles. The molecule has 94 valence electrons. The van der Waals surface area contributed by atoms with Crippen molar-refractivity contribution in [3.05, 3.63) is 35.4 Å². The van der Waals surface area contributed by atoms with Crippen LogP contribution in [0.2, 0.25) is 0 Å². The van der Waals surface area contributed by atoms with E-state index in [1.165, 1.54) is 11.1 Å². The van der Waals surface area contributed by atoms with Gasteiger partial charge in [-0.2, -0.15) is 0 Å². The van der Waals surface area contributed by atoms with E-state index >= 15 is 0 Å². The molecule has 1 rings (SSSR count). The second kappa shape index (κ2) is 7.07. The summed E-state index contributed by atoms with van der Waals surface area (Å²) in [6, 6.07) is 8.14. The zero-order chi connectivity index (χ0) is 12.7. The predicted octanol–water partition coefficient (Wildman–Crippen LogP) is 2.38. The van der Waals surface area contributed by atoms with Gasteiger partial charge in [-0.1, -0.05) is 24.3 Å². The average Bonchev–Trinajstić information content (AvgIpc) is 2.35. The Kier molecular flexibility index (Phi) is 5.70. The third-order valence-corrected chi connectivity index (χ3v) is 2.79. The maximum absolute atomic E-state index is 11.8. The second-order valence-electron chi connectivity index (χ2n) is 3.97. The van der Waals surface area contributed by atoms with Crippen LogP contribution in [0.15, 0.2) is 24.3 Å². The lowest BCUT2D eigenvalue weighted by Gasteiger charge is -2.21. The van der Waals surface area contributed by atoms with E-state index in [9.17, 15) is 4.79 Å². The molecule has 0 atom stereocenters. The summed E-state index contributed by atoms with van der Waals surface area (Å²) in [6.07, 6.45) is 0. The Morgan fingerprint density at radius 2 is 2.00 bits per heavy atom. The number of amides is 1. The fourth-order valence-corrected chi connectivity index (χ4v) is 1.65. The van der Waals surface area contributed by atoms with Crippen molar-refractivity contribution in [1.82, 2.24) is 4.90 Å². The standard InChI is InChI=1S/C14H21NO2/c1-4-15(14(16)11-17-5-2)10-13-9-7-6-8-12(13)3/h6-9H,4-5,10-11H2,1-3H3. The zero-order valence-corrected chi connectivity index (χ0v) is 10.9. The van der Waals surface area contributed by atoms with Crippen molar-refractivity contribution in [3.8, 4) is 0 Å². The highest BCUT2D eigenvalue weighted by Crippen LogP contribution is 2.10. The van der Waals surface area contributed by atoms with Gasteiger partial charge in [-0.25, -0.2) is 0 Å². The molecular weight excluding hydrogens is 214 g/mol. The van der Waals surface area contributed by atoms with Crippen LogP contribution >= 0.6 is 0 Å². The highest BCUT2D eigenvalue weighted by atomic mass is 16.5. The Morgan fingerprint density at radius 1 is 1.29 bits per heavy atom. The van der Waals surface area contributed by atoms with Crippen LogP contribution in [0, 0.1) is 6.92 Å². The Hall–Kier alpha value is -1.35. The van der Waals surface area contributed by atoms with Gasteiger partial charge in [0, 0.05) is 19.7 Å². The van der Waals surface area contributed by atoms with Crippen LogP contribution in [0.4, 0.5) is 0 Å². The van der Waals surface area contributed by atoms with Gasteiger partial charge in [-0.15, -0.1) is 0 Å². The first-order chi connectivity index (χ1) is 8.19. The predicted molar refractivity (Wildman–Crippen MR) is 68.8 cm³/mol. The van der Waals surface area contributed by atoms with E-state index in [4.69, 9.17) is 4.74 Å². The summed E-state index contributed by atoms with van der Waals surface area (Å²) in [7, 11) is 0. The Labute approximate surface area is 103 Å². The van der Waals surface area contributed by atoms with E-state index in [2.05, 4.69) is 19.1 Å². The van der Waals surface area contributed by atoms with Gasteiger partial charge < -0.3 is 9.64 Å². The summed E-state index contributed by atoms with van der Waals surface area (Å²) in [4.78, 5) is 13.7. The van der Waals surface area contributed by atoms with E-state index in [1.807, 2.05) is 30.9 Å². The van der Waals surface area contributed by atoms with Crippen molar-refractivity contribution in [2.24, 2.45) is 0 Å². The van der Waals surface area contributed by atoms with Crippen molar-refractivity contribution < 1.29 is 9.53 Å². The number of aryl methyl sites for hydroxylation is 1. The summed E-state index contributed by atoms with van der Waals surface area (Å²) in [6.45, 7) is 8.07. The lowest BCUT2D eigenvalue weighted by molar-refractivity contribution is -0.136. The first kappa shape index (κ1) is 13.7. The number of hydrogen-bond acceptors (Lipinski definition) is 2. The molecule has 1 amide bonds. The van der Waals surface area contributed by atoms with Gasteiger partial charge in [0.2, 0.25) is 5.91 Å². The van der Waals surface area contributed by atoms with Crippen LogP contribution in [0.5, 0.6) is 0 Å². The second-order valence-corrected chi connectivity index (χ2v) is 3.97. The molecule has 0 aromatic heterocycles. The summed E-state index contributed by atoms with van der Waals surface area (Å²) in [5.41, 5.74) is 2.41. The number of nitrogens with zero attached hydrogens (tertiary/aromatic N) is 1. The molecule has 0 bridgehead atoms. The maximum atomic E-state index is 11.8. The first-order valence-electron chi connectivity index (χ1n) is 6.09. The molecule has 3 heteroatoms. The highest BCUT2D eigenvalue weighted by Gasteiger charge is 2.12. The lowest BCUT2D eigenvalue weighted by atomic mass is 10.1. The number of benzene rings is 1. The number of carbonyl (C=O) groups excluding carboxylic acids is 1. The summed E-state index contributed by atoms with van der Waals surface area (Å²) in [5, 5.41) is 0. The van der Waals surface area contributed by atoms with Crippen LogP contribution in [0.3, 0.4) is 0 Å². The normalized spacial score (nSPS) is 10.3. The molecule has 0 saturated heterocycles. The van der Waals surface area contributed by atoms with E-state index in [0.29, 0.717) is 19.7 Å². The molecule has 0 radical (unpaired) electrons. The lowest BCUT2D eigenvalue weighted by Crippen LogP contribution is -2.33. The third kappa shape index (κ3) is 4.19. The maximum Gasteiger partial charge on any atom is 0.248 e. The summed E-state index contributed by atoms with van der Waals surface area (Å²) < 4.78 is 5.15. The summed E-state index contributed by atoms with van der Waals surface area (Å²) >= 11 is 0. The molecule has 0 saturated carbocycles. The Balaban J connectivity index is 2.63. The minimum Gasteiger partial charge on any atom is -0.372 e. The molecule has 0 aliphatic carbocycles. The topological polar surface area (TPSA) is 29.5 Å². The van der Waals surface area contributed by atoms with Crippen LogP contribution in [-0.4, -0.2) is 30.6 Å². The van der Waals surface area contributed by atoms with Gasteiger partial charge in [0.25, 0.3) is 0 Å². The van der Waals surface area contributed by atoms with Crippen molar-refractivity contribution >= 4 is 5.91 Å². The number of carbonyl (C=O) groups is 1. The van der Waals surface area contributed by atoms with E-state index in [-0.39, 0.29) is 12.5 Å². The smallest absolute Gasteiger partial charge is 0.248 e. The molecule has 17 heavy (non-hydrogen) atoms. The van der Waals surface area contributed by atoms with Crippen LogP contribution in [0.1, 0.15) is 25.0 Å². The minimum absolute atomic E-state index is 0.0533. The molecule has 0 N–H and O–H groups in total. The molecule has 1 aromatic rings. The van der Waals surface area contributed by atoms with Crippen LogP contribution < -0.4 is 0 Å². The first-order valence-corrected chi connectivity index (χ1v) is 6.09. The van der Waals surface area contributed by atoms with Crippen molar-refractivity contribution in [3.63, 3.8) is 0 Å². The quantitative estimate of drug-likeness (QED) is 0.757. The molecule has 0 fully saturated rings. The van der Waals surface area contributed by atoms with Gasteiger partial charge in [0.15, 0.2) is 0 Å². The largest absolute Gasteiger partial charge is 0.372 e. The van der Waals surface area contributed by atoms with E-state index in [0.717, 1.165) is 0 Å². The van der Waals surface area contributed by atoms with Crippen molar-refractivity contribution in [2.75, 3.05) is 19.8 Å². The molecule has 0 aliphatic heterocycles. The van der Waals surface area contributed by atoms with E-state index in [1.54, 1.807) is 0 Å². The Bertz CT molecular complexity index is 363. The number of ether oxygens (including phenoxy) is 1. The van der Waals surface area contributed by atoms with Gasteiger partial charge in [-0.3, -0.25) is 4.79 Å². The van der Waals surface area contributed by atoms with Gasteiger partial charge >= 0.3 is 0 Å². The number of hydrogen-bond donors (Lipinski definition) is 0. The third-order valence-electron chi connectivity index (χ3n) is 2.79. The van der Waals surface area contributed by atoms with Gasteiger partial charge in [0.1, 0.15) is 6.61 Å². The Morgan fingerprint density at radius 3 is 2.59 bits per heavy atom. The molecule has 0 spiro atoms. The average molecular weight is 235 g/mol. The molecule has 0 aliphatic rings. The molecular formula is C14H21NO2. The van der Waals surface area contributed by atoms with Crippen LogP contribution in [-0.2, 0) is 16.1 Å². The van der Waals surface area contributed by atoms with Crippen LogP contribution in [0.25, 0.3) is 0 Å². The number of likely N-dealkylation sites (N-methyl/N-ethyl adjacent to an activating group) is 1. The fourth-order valence-electron chi connectivity index (χ4n) is 1.65. The molecule has 0 unspecified atom stereocenters. The molecule has 3 nitrogen and oxygen atoms in total. The van der Waals surface area contributed by atoms with Crippen molar-refractivity contribution in [1.29, 1.82) is 0 Å². The zero-order valence-electron chi connectivity index (χ0n) is 10.9.